The van der Waals surface area contributed by atoms with Crippen LogP contribution < -0.4 is 5.32 Å². The van der Waals surface area contributed by atoms with Crippen LogP contribution in [-0.2, 0) is 23.8 Å². The molecule has 6 N–H and O–H groups in total. The Bertz CT molecular complexity index is 1700. The number of carbonyl (C=O) groups is 2. The van der Waals surface area contributed by atoms with E-state index in [9.17, 15) is 35.1 Å². The highest BCUT2D eigenvalue weighted by Gasteiger charge is 2.47. The largest absolute Gasteiger partial charge is 0.454 e. The summed E-state index contributed by atoms with van der Waals surface area (Å²) in [6.07, 6.45) is 67.3. The van der Waals surface area contributed by atoms with Crippen LogP contribution in [0.15, 0.2) is 97.2 Å². The Labute approximate surface area is 501 Å². The summed E-state index contributed by atoms with van der Waals surface area (Å²) < 4.78 is 17.6. The molecule has 1 fully saturated rings. The van der Waals surface area contributed by atoms with E-state index in [-0.39, 0.29) is 19.4 Å². The minimum atomic E-state index is -1.64. The Morgan fingerprint density at radius 2 is 0.841 bits per heavy atom. The molecule has 1 aliphatic rings. The second-order valence-corrected chi connectivity index (χ2v) is 22.8. The first-order valence-electron chi connectivity index (χ1n) is 33.5. The average molecular weight is 1150 g/mol. The van der Waals surface area contributed by atoms with Crippen LogP contribution >= 0.6 is 0 Å². The van der Waals surface area contributed by atoms with Crippen LogP contribution in [0.5, 0.6) is 0 Å². The van der Waals surface area contributed by atoms with Gasteiger partial charge in [-0.15, -0.1) is 0 Å². The fraction of sp³-hybridized carbons (Fsp3) is 0.746. The second-order valence-electron chi connectivity index (χ2n) is 22.8. The summed E-state index contributed by atoms with van der Waals surface area (Å²) in [7, 11) is 0. The summed E-state index contributed by atoms with van der Waals surface area (Å²) in [5, 5.41) is 57.1. The molecule has 1 amide bonds. The Kier molecular flexibility index (Phi) is 54.2. The van der Waals surface area contributed by atoms with E-state index < -0.39 is 67.4 Å². The molecule has 0 saturated carbocycles. The molecule has 0 aromatic heterocycles. The van der Waals surface area contributed by atoms with Gasteiger partial charge in [-0.1, -0.05) is 266 Å². The number of amides is 1. The Morgan fingerprint density at radius 1 is 0.476 bits per heavy atom. The Hall–Kier alpha value is -3.42. The van der Waals surface area contributed by atoms with Crippen molar-refractivity contribution in [3.8, 4) is 0 Å². The lowest BCUT2D eigenvalue weighted by Crippen LogP contribution is -2.61. The summed E-state index contributed by atoms with van der Waals surface area (Å²) in [4.78, 5) is 26.6. The molecule has 1 rings (SSSR count). The molecule has 8 unspecified atom stereocenters. The van der Waals surface area contributed by atoms with Crippen molar-refractivity contribution < 1.29 is 49.3 Å². The lowest BCUT2D eigenvalue weighted by Gasteiger charge is -2.41. The molecule has 1 saturated heterocycles. The number of aliphatic hydroxyl groups is 5. The number of allylic oxidation sites excluding steroid dienone is 15. The third kappa shape index (κ3) is 45.0. The van der Waals surface area contributed by atoms with Crippen molar-refractivity contribution >= 4 is 11.9 Å². The third-order valence-electron chi connectivity index (χ3n) is 15.2. The van der Waals surface area contributed by atoms with E-state index in [1.54, 1.807) is 6.08 Å². The van der Waals surface area contributed by atoms with Gasteiger partial charge in [0.15, 0.2) is 12.4 Å². The van der Waals surface area contributed by atoms with Gasteiger partial charge < -0.3 is 45.1 Å². The van der Waals surface area contributed by atoms with Crippen molar-refractivity contribution in [2.45, 2.75) is 327 Å². The second kappa shape index (κ2) is 58.0. The predicted octanol–water partition coefficient (Wildman–Crippen LogP) is 16.7. The first-order valence-corrected chi connectivity index (χ1v) is 33.5. The number of nitrogens with one attached hydrogen (secondary N) is 1. The number of hydrogen-bond donors (Lipinski definition) is 6. The van der Waals surface area contributed by atoms with Gasteiger partial charge in [0.05, 0.1) is 25.4 Å². The minimum Gasteiger partial charge on any atom is -0.454 e. The summed E-state index contributed by atoms with van der Waals surface area (Å²) in [5.74, 6) is -1.26. The van der Waals surface area contributed by atoms with Crippen LogP contribution in [0.1, 0.15) is 278 Å². The minimum absolute atomic E-state index is 0.0441. The predicted molar refractivity (Wildman–Crippen MR) is 342 cm³/mol. The number of ether oxygens (including phenoxy) is 3. The van der Waals surface area contributed by atoms with Crippen LogP contribution in [-0.4, -0.2) is 99.6 Å². The Morgan fingerprint density at radius 3 is 1.28 bits per heavy atom. The van der Waals surface area contributed by atoms with E-state index in [1.807, 2.05) is 12.2 Å². The van der Waals surface area contributed by atoms with Crippen molar-refractivity contribution in [2.75, 3.05) is 13.2 Å². The number of carbonyl (C=O) groups excluding carboxylic acids is 2. The van der Waals surface area contributed by atoms with Crippen LogP contribution in [0, 0.1) is 0 Å². The summed E-state index contributed by atoms with van der Waals surface area (Å²) in [5.41, 5.74) is 0. The monoisotopic (exact) mass is 1150 g/mol. The molecule has 0 radical (unpaired) electrons. The fourth-order valence-electron chi connectivity index (χ4n) is 9.89. The molecule has 1 heterocycles. The van der Waals surface area contributed by atoms with Gasteiger partial charge in [-0.2, -0.15) is 0 Å². The molecule has 8 atom stereocenters. The number of unbranched alkanes of at least 4 members (excludes halogenated alkanes) is 28. The molecule has 0 bridgehead atoms. The quantitative estimate of drug-likeness (QED) is 0.0195. The van der Waals surface area contributed by atoms with Gasteiger partial charge in [0.25, 0.3) is 0 Å². The zero-order valence-corrected chi connectivity index (χ0v) is 52.3. The zero-order chi connectivity index (χ0) is 59.6. The van der Waals surface area contributed by atoms with Crippen molar-refractivity contribution in [2.24, 2.45) is 0 Å². The maximum Gasteiger partial charge on any atom is 0.306 e. The van der Waals surface area contributed by atoms with Gasteiger partial charge in [-0.3, -0.25) is 9.59 Å². The molecule has 82 heavy (non-hydrogen) atoms. The van der Waals surface area contributed by atoms with Gasteiger partial charge in [0.1, 0.15) is 24.4 Å². The lowest BCUT2D eigenvalue weighted by atomic mass is 9.99. The van der Waals surface area contributed by atoms with Gasteiger partial charge in [0, 0.05) is 6.42 Å². The van der Waals surface area contributed by atoms with Crippen molar-refractivity contribution in [3.63, 3.8) is 0 Å². The normalized spacial score (nSPS) is 19.2. The van der Waals surface area contributed by atoms with Gasteiger partial charge in [0.2, 0.25) is 5.91 Å². The molecular weight excluding hydrogens is 1030 g/mol. The summed E-state index contributed by atoms with van der Waals surface area (Å²) in [6, 6.07) is -1.04. The van der Waals surface area contributed by atoms with Gasteiger partial charge in [-0.25, -0.2) is 0 Å². The topological polar surface area (TPSA) is 175 Å². The highest BCUT2D eigenvalue weighted by atomic mass is 16.7. The summed E-state index contributed by atoms with van der Waals surface area (Å²) in [6.45, 7) is 5.71. The van der Waals surface area contributed by atoms with Crippen LogP contribution in [0.25, 0.3) is 0 Å². The van der Waals surface area contributed by atoms with Crippen molar-refractivity contribution in [1.82, 2.24) is 5.32 Å². The molecule has 0 spiro atoms. The molecule has 11 heteroatoms. The highest BCUT2D eigenvalue weighted by Crippen LogP contribution is 2.26. The fourth-order valence-corrected chi connectivity index (χ4v) is 9.89. The lowest BCUT2D eigenvalue weighted by molar-refractivity contribution is -0.305. The standard InChI is InChI=1S/C71H123NO10/c1-4-7-10-13-16-19-22-25-27-29-30-31-32-33-34-35-37-38-40-43-46-49-52-55-58-64(75)70(79)72-62(63(74)57-54-51-48-45-42-24-21-18-15-12-9-6-3)61-80-71-69(68(78)67(77)65(60-73)81-71)82-66(76)59-56-53-50-47-44-41-39-36-28-26-23-20-17-14-11-8-5-2/h16-17,19-20,25-28,30-31,39,41,47,50,54,57,62-65,67-69,71,73-75,77-78H,4-15,18,21-24,29,32-38,40,42-46,48-49,51-53,55-56,58-61H2,1-3H3,(H,72,79)/b19-16-,20-17-,27-25-,28-26-,31-30-,41-39-,50-47-,57-54+. The first kappa shape index (κ1) is 76.6. The highest BCUT2D eigenvalue weighted by molar-refractivity contribution is 5.80. The van der Waals surface area contributed by atoms with Crippen LogP contribution in [0.4, 0.5) is 0 Å². The van der Waals surface area contributed by atoms with E-state index in [4.69, 9.17) is 14.2 Å². The Balaban J connectivity index is 2.64. The van der Waals surface area contributed by atoms with E-state index >= 15 is 0 Å². The number of rotatable bonds is 56. The van der Waals surface area contributed by atoms with Crippen LogP contribution in [0.3, 0.4) is 0 Å². The van der Waals surface area contributed by atoms with E-state index in [2.05, 4.69) is 105 Å². The smallest absolute Gasteiger partial charge is 0.306 e. The van der Waals surface area contributed by atoms with E-state index in [0.717, 1.165) is 89.9 Å². The maximum absolute atomic E-state index is 13.5. The zero-order valence-electron chi connectivity index (χ0n) is 52.3. The van der Waals surface area contributed by atoms with Gasteiger partial charge in [-0.05, 0) is 103 Å². The molecule has 472 valence electrons. The van der Waals surface area contributed by atoms with Gasteiger partial charge >= 0.3 is 5.97 Å². The SMILES string of the molecule is CCCCC/C=C\C/C=C\C/C=C\C/C=C\CCCC(=O)OC1C(OCC(NC(=O)C(O)CCCCCCCCCCCCC/C=C\C/C=C\C/C=C\CCCCC)C(O)/C=C/CCCCCCCCCCCC)OC(CO)C(O)C1O. The van der Waals surface area contributed by atoms with Crippen molar-refractivity contribution in [3.05, 3.63) is 97.2 Å². The third-order valence-corrected chi connectivity index (χ3v) is 15.2. The number of esters is 1. The van der Waals surface area contributed by atoms with Crippen LogP contribution in [0.2, 0.25) is 0 Å². The maximum atomic E-state index is 13.5. The van der Waals surface area contributed by atoms with Crippen molar-refractivity contribution in [1.29, 1.82) is 0 Å². The molecule has 0 aromatic rings. The number of hydrogen-bond acceptors (Lipinski definition) is 10. The van der Waals surface area contributed by atoms with E-state index in [0.29, 0.717) is 19.3 Å². The molecule has 0 aromatic carbocycles. The molecule has 0 aliphatic carbocycles. The molecule has 1 aliphatic heterocycles. The first-order chi connectivity index (χ1) is 40.2. The van der Waals surface area contributed by atoms with E-state index in [1.165, 1.54) is 135 Å². The average Bonchev–Trinajstić information content (AvgIpc) is 3.60. The molecule has 11 nitrogen and oxygen atoms in total. The summed E-state index contributed by atoms with van der Waals surface area (Å²) >= 11 is 0. The number of aliphatic hydroxyl groups excluding tert-OH is 5. The molecular formula is C71H123NO10.